The van der Waals surface area contributed by atoms with Gasteiger partial charge in [0.05, 0.1) is 0 Å². The zero-order valence-electron chi connectivity index (χ0n) is 10.6. The van der Waals surface area contributed by atoms with Gasteiger partial charge < -0.3 is 9.47 Å². The van der Waals surface area contributed by atoms with Crippen molar-refractivity contribution in [2.45, 2.75) is 19.5 Å². The van der Waals surface area contributed by atoms with E-state index in [0.29, 0.717) is 6.79 Å². The van der Waals surface area contributed by atoms with E-state index >= 15 is 0 Å². The summed E-state index contributed by atoms with van der Waals surface area (Å²) in [6, 6.07) is 8.51. The predicted molar refractivity (Wildman–Crippen MR) is 74.7 cm³/mol. The van der Waals surface area contributed by atoms with Gasteiger partial charge in [-0.15, -0.1) is 11.3 Å². The van der Waals surface area contributed by atoms with E-state index in [2.05, 4.69) is 28.5 Å². The van der Waals surface area contributed by atoms with E-state index in [1.165, 1.54) is 17.5 Å². The Bertz CT molecular complexity index is 608. The molecular formula is C15H15NO2S. The molecule has 19 heavy (non-hydrogen) atoms. The van der Waals surface area contributed by atoms with Crippen molar-refractivity contribution in [1.82, 2.24) is 4.90 Å². The molecule has 3 heterocycles. The highest BCUT2D eigenvalue weighted by Crippen LogP contribution is 2.33. The molecule has 1 aromatic carbocycles. The van der Waals surface area contributed by atoms with Crippen LogP contribution >= 0.6 is 11.3 Å². The fourth-order valence-electron chi connectivity index (χ4n) is 2.74. The number of thiophene rings is 1. The minimum Gasteiger partial charge on any atom is -0.454 e. The van der Waals surface area contributed by atoms with E-state index in [0.717, 1.165) is 31.1 Å². The van der Waals surface area contributed by atoms with Gasteiger partial charge in [0.2, 0.25) is 6.79 Å². The Kier molecular flexibility index (Phi) is 2.71. The molecule has 2 aliphatic heterocycles. The molecule has 4 rings (SSSR count). The highest BCUT2D eigenvalue weighted by Gasteiger charge is 2.18. The van der Waals surface area contributed by atoms with Gasteiger partial charge in [-0.2, -0.15) is 0 Å². The molecule has 0 aliphatic carbocycles. The molecule has 4 heteroatoms. The number of ether oxygens (including phenoxy) is 2. The lowest BCUT2D eigenvalue weighted by Gasteiger charge is -2.26. The zero-order valence-corrected chi connectivity index (χ0v) is 11.4. The van der Waals surface area contributed by atoms with Crippen molar-refractivity contribution in [3.8, 4) is 11.5 Å². The van der Waals surface area contributed by atoms with Crippen LogP contribution in [0.3, 0.4) is 0 Å². The van der Waals surface area contributed by atoms with Gasteiger partial charge in [-0.25, -0.2) is 0 Å². The molecule has 0 atom stereocenters. The molecule has 0 saturated heterocycles. The number of rotatable bonds is 2. The van der Waals surface area contributed by atoms with Gasteiger partial charge in [0.1, 0.15) is 0 Å². The molecule has 0 fully saturated rings. The topological polar surface area (TPSA) is 21.7 Å². The van der Waals surface area contributed by atoms with Crippen molar-refractivity contribution in [2.75, 3.05) is 13.3 Å². The standard InChI is InChI=1S/C15H15NO2S/c1-2-13-14(18-10-17-13)7-11(1)8-16-5-3-15-12(9-16)4-6-19-15/h1-2,4,6-7H,3,5,8-10H2. The van der Waals surface area contributed by atoms with Gasteiger partial charge in [0.25, 0.3) is 0 Å². The first-order chi connectivity index (χ1) is 9.38. The highest BCUT2D eigenvalue weighted by molar-refractivity contribution is 7.10. The second-order valence-electron chi connectivity index (χ2n) is 5.02. The molecule has 0 N–H and O–H groups in total. The Hall–Kier alpha value is -1.52. The van der Waals surface area contributed by atoms with Gasteiger partial charge in [0, 0.05) is 24.5 Å². The van der Waals surface area contributed by atoms with Crippen molar-refractivity contribution in [3.05, 3.63) is 45.6 Å². The molecule has 2 aromatic rings. The van der Waals surface area contributed by atoms with Crippen molar-refractivity contribution in [2.24, 2.45) is 0 Å². The van der Waals surface area contributed by atoms with Crippen LogP contribution in [-0.2, 0) is 19.5 Å². The summed E-state index contributed by atoms with van der Waals surface area (Å²) in [4.78, 5) is 4.05. The summed E-state index contributed by atoms with van der Waals surface area (Å²) < 4.78 is 10.8. The minimum absolute atomic E-state index is 0.348. The summed E-state index contributed by atoms with van der Waals surface area (Å²) in [5.74, 6) is 1.74. The van der Waals surface area contributed by atoms with Crippen molar-refractivity contribution in [3.63, 3.8) is 0 Å². The van der Waals surface area contributed by atoms with E-state index < -0.39 is 0 Å². The maximum Gasteiger partial charge on any atom is 0.231 e. The van der Waals surface area contributed by atoms with Crippen LogP contribution in [0.25, 0.3) is 0 Å². The summed E-state index contributed by atoms with van der Waals surface area (Å²) in [7, 11) is 0. The summed E-state index contributed by atoms with van der Waals surface area (Å²) in [5.41, 5.74) is 2.79. The van der Waals surface area contributed by atoms with Crippen LogP contribution < -0.4 is 9.47 Å². The lowest BCUT2D eigenvalue weighted by Crippen LogP contribution is -2.29. The Morgan fingerprint density at radius 3 is 3.11 bits per heavy atom. The van der Waals surface area contributed by atoms with E-state index in [1.807, 2.05) is 17.4 Å². The number of nitrogens with zero attached hydrogens (tertiary/aromatic N) is 1. The Balaban J connectivity index is 1.50. The lowest BCUT2D eigenvalue weighted by atomic mass is 10.1. The van der Waals surface area contributed by atoms with Crippen LogP contribution in [0.5, 0.6) is 11.5 Å². The van der Waals surface area contributed by atoms with Crippen molar-refractivity contribution in [1.29, 1.82) is 0 Å². The van der Waals surface area contributed by atoms with Crippen LogP contribution in [0.2, 0.25) is 0 Å². The largest absolute Gasteiger partial charge is 0.454 e. The zero-order chi connectivity index (χ0) is 12.7. The Labute approximate surface area is 116 Å². The minimum atomic E-state index is 0.348. The predicted octanol–water partition coefficient (Wildman–Crippen LogP) is 3.04. The molecule has 2 aliphatic rings. The molecule has 0 unspecified atom stereocenters. The molecule has 0 saturated carbocycles. The smallest absolute Gasteiger partial charge is 0.231 e. The summed E-state index contributed by atoms with van der Waals surface area (Å²) in [6.45, 7) is 3.53. The van der Waals surface area contributed by atoms with Gasteiger partial charge >= 0.3 is 0 Å². The molecular weight excluding hydrogens is 258 g/mol. The quantitative estimate of drug-likeness (QED) is 0.839. The third-order valence-corrected chi connectivity index (χ3v) is 4.75. The molecule has 1 aromatic heterocycles. The summed E-state index contributed by atoms with van der Waals surface area (Å²) >= 11 is 1.89. The fourth-order valence-corrected chi connectivity index (χ4v) is 3.63. The Morgan fingerprint density at radius 1 is 1.16 bits per heavy atom. The molecule has 0 radical (unpaired) electrons. The van der Waals surface area contributed by atoms with E-state index in [1.54, 1.807) is 4.88 Å². The molecule has 0 spiro atoms. The van der Waals surface area contributed by atoms with Gasteiger partial charge in [-0.3, -0.25) is 4.90 Å². The average molecular weight is 273 g/mol. The van der Waals surface area contributed by atoms with Crippen molar-refractivity contribution < 1.29 is 9.47 Å². The van der Waals surface area contributed by atoms with Gasteiger partial charge in [0.15, 0.2) is 11.5 Å². The van der Waals surface area contributed by atoms with Crippen LogP contribution in [0, 0.1) is 0 Å². The van der Waals surface area contributed by atoms with E-state index in [-0.39, 0.29) is 0 Å². The van der Waals surface area contributed by atoms with Crippen LogP contribution in [0.1, 0.15) is 16.0 Å². The number of fused-ring (bicyclic) bond motifs is 2. The number of hydrogen-bond acceptors (Lipinski definition) is 4. The normalized spacial score (nSPS) is 17.5. The van der Waals surface area contributed by atoms with Crippen LogP contribution in [-0.4, -0.2) is 18.2 Å². The van der Waals surface area contributed by atoms with Gasteiger partial charge in [-0.05, 0) is 41.1 Å². The molecule has 98 valence electrons. The van der Waals surface area contributed by atoms with E-state index in [9.17, 15) is 0 Å². The van der Waals surface area contributed by atoms with Crippen molar-refractivity contribution >= 4 is 11.3 Å². The second-order valence-corrected chi connectivity index (χ2v) is 6.02. The first kappa shape index (κ1) is 11.3. The van der Waals surface area contributed by atoms with Crippen LogP contribution in [0.15, 0.2) is 29.6 Å². The van der Waals surface area contributed by atoms with E-state index in [4.69, 9.17) is 9.47 Å². The molecule has 0 bridgehead atoms. The average Bonchev–Trinajstić information content (AvgIpc) is 3.05. The third-order valence-electron chi connectivity index (χ3n) is 3.73. The summed E-state index contributed by atoms with van der Waals surface area (Å²) in [6.07, 6.45) is 1.18. The monoisotopic (exact) mass is 273 g/mol. The lowest BCUT2D eigenvalue weighted by molar-refractivity contribution is 0.174. The SMILES string of the molecule is c1cc2c(s1)CCN(Cc1ccc3c(c1)OCO3)C2. The Morgan fingerprint density at radius 2 is 2.11 bits per heavy atom. The highest BCUT2D eigenvalue weighted by atomic mass is 32.1. The van der Waals surface area contributed by atoms with Gasteiger partial charge in [-0.1, -0.05) is 6.07 Å². The third kappa shape index (κ3) is 2.11. The maximum absolute atomic E-state index is 5.43. The number of benzene rings is 1. The summed E-state index contributed by atoms with van der Waals surface area (Å²) in [5, 5.41) is 2.20. The van der Waals surface area contributed by atoms with Crippen LogP contribution in [0.4, 0.5) is 0 Å². The maximum atomic E-state index is 5.43. The second kappa shape index (κ2) is 4.54. The number of hydrogen-bond donors (Lipinski definition) is 0. The first-order valence-electron chi connectivity index (χ1n) is 6.54. The fraction of sp³-hybridized carbons (Fsp3) is 0.333. The first-order valence-corrected chi connectivity index (χ1v) is 7.42. The molecule has 0 amide bonds. The molecule has 3 nitrogen and oxygen atoms in total.